The molecule has 1 saturated heterocycles. The topological polar surface area (TPSA) is 30.5 Å². The molecule has 0 bridgehead atoms. The number of benzene rings is 1. The molecule has 0 aliphatic carbocycles. The zero-order chi connectivity index (χ0) is 11.9. The quantitative estimate of drug-likeness (QED) is 0.769. The average Bonchev–Trinajstić information content (AvgIpc) is 2.90. The van der Waals surface area contributed by atoms with Crippen LogP contribution in [0, 0.1) is 5.92 Å². The fourth-order valence-electron chi connectivity index (χ4n) is 2.19. The number of nitrogens with one attached hydrogen (secondary N) is 1. The molecule has 0 saturated carbocycles. The summed E-state index contributed by atoms with van der Waals surface area (Å²) in [6.45, 7) is 4.55. The highest BCUT2D eigenvalue weighted by Gasteiger charge is 2.24. The smallest absolute Gasteiger partial charge is 0.0933 e. The van der Waals surface area contributed by atoms with Crippen molar-refractivity contribution in [2.75, 3.05) is 13.2 Å². The van der Waals surface area contributed by atoms with Gasteiger partial charge in [0.25, 0.3) is 0 Å². The van der Waals surface area contributed by atoms with Crippen molar-refractivity contribution in [3.05, 3.63) is 35.9 Å². The number of ether oxygens (including phenoxy) is 1. The van der Waals surface area contributed by atoms with Gasteiger partial charge in [-0.3, -0.25) is 4.84 Å². The van der Waals surface area contributed by atoms with E-state index in [1.165, 1.54) is 5.56 Å². The lowest BCUT2D eigenvalue weighted by molar-refractivity contribution is -0.0127. The molecule has 0 amide bonds. The van der Waals surface area contributed by atoms with E-state index in [1.807, 2.05) is 18.2 Å². The maximum absolute atomic E-state index is 5.58. The lowest BCUT2D eigenvalue weighted by Crippen LogP contribution is -2.36. The Kier molecular flexibility index (Phi) is 4.98. The predicted molar refractivity (Wildman–Crippen MR) is 67.4 cm³/mol. The molecule has 1 fully saturated rings. The van der Waals surface area contributed by atoms with Crippen LogP contribution in [-0.2, 0) is 16.2 Å². The maximum atomic E-state index is 5.58. The summed E-state index contributed by atoms with van der Waals surface area (Å²) >= 11 is 0. The second-order valence-corrected chi connectivity index (χ2v) is 4.53. The van der Waals surface area contributed by atoms with E-state index in [0.29, 0.717) is 18.6 Å². The Balaban J connectivity index is 1.72. The molecule has 2 rings (SSSR count). The number of hydroxylamine groups is 1. The molecule has 1 aliphatic rings. The minimum absolute atomic E-state index is 0.404. The lowest BCUT2D eigenvalue weighted by Gasteiger charge is -2.21. The summed E-state index contributed by atoms with van der Waals surface area (Å²) in [6.07, 6.45) is 2.21. The number of rotatable bonds is 6. The van der Waals surface area contributed by atoms with Crippen LogP contribution in [0.1, 0.15) is 25.3 Å². The van der Waals surface area contributed by atoms with E-state index in [9.17, 15) is 0 Å². The Labute approximate surface area is 103 Å². The van der Waals surface area contributed by atoms with Crippen molar-refractivity contribution in [3.8, 4) is 0 Å². The standard InChI is InChI=1S/C14H21NO2/c1-2-14(13-8-9-16-11-13)15-17-10-12-6-4-3-5-7-12/h3-7,13-15H,2,8-11H2,1H3. The van der Waals surface area contributed by atoms with Crippen molar-refractivity contribution in [1.82, 2.24) is 5.48 Å². The molecule has 0 spiro atoms. The van der Waals surface area contributed by atoms with Gasteiger partial charge in [0.2, 0.25) is 0 Å². The second kappa shape index (κ2) is 6.74. The molecule has 3 heteroatoms. The zero-order valence-electron chi connectivity index (χ0n) is 10.4. The van der Waals surface area contributed by atoms with Crippen LogP contribution >= 0.6 is 0 Å². The zero-order valence-corrected chi connectivity index (χ0v) is 10.4. The molecule has 1 aromatic rings. The normalized spacial score (nSPS) is 21.6. The first-order valence-electron chi connectivity index (χ1n) is 6.39. The third-order valence-corrected chi connectivity index (χ3v) is 3.29. The van der Waals surface area contributed by atoms with E-state index >= 15 is 0 Å². The van der Waals surface area contributed by atoms with E-state index < -0.39 is 0 Å². The van der Waals surface area contributed by atoms with Gasteiger partial charge < -0.3 is 4.74 Å². The molecule has 94 valence electrons. The number of hydrogen-bond acceptors (Lipinski definition) is 3. The van der Waals surface area contributed by atoms with Crippen molar-refractivity contribution in [1.29, 1.82) is 0 Å². The van der Waals surface area contributed by atoms with Crippen LogP contribution in [0.4, 0.5) is 0 Å². The van der Waals surface area contributed by atoms with Crippen molar-refractivity contribution in [2.45, 2.75) is 32.4 Å². The Bertz CT molecular complexity index is 309. The average molecular weight is 235 g/mol. The summed E-state index contributed by atoms with van der Waals surface area (Å²) in [5, 5.41) is 0. The van der Waals surface area contributed by atoms with Gasteiger partial charge in [0, 0.05) is 18.6 Å². The Hall–Kier alpha value is -0.900. The van der Waals surface area contributed by atoms with Crippen molar-refractivity contribution in [2.24, 2.45) is 5.92 Å². The molecule has 17 heavy (non-hydrogen) atoms. The van der Waals surface area contributed by atoms with Crippen LogP contribution in [0.15, 0.2) is 30.3 Å². The third-order valence-electron chi connectivity index (χ3n) is 3.29. The van der Waals surface area contributed by atoms with Gasteiger partial charge in [-0.2, -0.15) is 5.48 Å². The molecule has 2 atom stereocenters. The lowest BCUT2D eigenvalue weighted by atomic mass is 9.98. The molecular weight excluding hydrogens is 214 g/mol. The summed E-state index contributed by atoms with van der Waals surface area (Å²) in [7, 11) is 0. The first kappa shape index (κ1) is 12.6. The molecular formula is C14H21NO2. The Morgan fingerprint density at radius 3 is 2.88 bits per heavy atom. The summed E-state index contributed by atoms with van der Waals surface area (Å²) in [5.74, 6) is 0.593. The van der Waals surface area contributed by atoms with Crippen LogP contribution in [0.25, 0.3) is 0 Å². The fraction of sp³-hybridized carbons (Fsp3) is 0.571. The molecule has 1 N–H and O–H groups in total. The van der Waals surface area contributed by atoms with Gasteiger partial charge in [-0.15, -0.1) is 0 Å². The van der Waals surface area contributed by atoms with E-state index in [2.05, 4.69) is 24.5 Å². The van der Waals surface area contributed by atoms with E-state index in [0.717, 1.165) is 26.1 Å². The largest absolute Gasteiger partial charge is 0.381 e. The van der Waals surface area contributed by atoms with Crippen LogP contribution < -0.4 is 5.48 Å². The SMILES string of the molecule is CCC(NOCc1ccccc1)C1CCOC1. The van der Waals surface area contributed by atoms with Gasteiger partial charge in [0.05, 0.1) is 13.2 Å². The summed E-state index contributed by atoms with van der Waals surface area (Å²) in [6, 6.07) is 10.6. The molecule has 1 aromatic carbocycles. The molecule has 0 radical (unpaired) electrons. The highest BCUT2D eigenvalue weighted by atomic mass is 16.6. The van der Waals surface area contributed by atoms with Gasteiger partial charge in [-0.1, -0.05) is 37.3 Å². The number of hydrogen-bond donors (Lipinski definition) is 1. The van der Waals surface area contributed by atoms with Gasteiger partial charge >= 0.3 is 0 Å². The summed E-state index contributed by atoms with van der Waals surface area (Å²) in [5.41, 5.74) is 4.37. The van der Waals surface area contributed by atoms with Crippen LogP contribution in [-0.4, -0.2) is 19.3 Å². The van der Waals surface area contributed by atoms with Crippen molar-refractivity contribution >= 4 is 0 Å². The van der Waals surface area contributed by atoms with Crippen molar-refractivity contribution in [3.63, 3.8) is 0 Å². The molecule has 2 unspecified atom stereocenters. The van der Waals surface area contributed by atoms with Gasteiger partial charge in [-0.05, 0) is 18.4 Å². The van der Waals surface area contributed by atoms with E-state index in [4.69, 9.17) is 9.57 Å². The predicted octanol–water partition coefficient (Wildman–Crippen LogP) is 2.52. The molecule has 1 aliphatic heterocycles. The van der Waals surface area contributed by atoms with Crippen molar-refractivity contribution < 1.29 is 9.57 Å². The Morgan fingerprint density at radius 2 is 2.24 bits per heavy atom. The van der Waals surface area contributed by atoms with Crippen LogP contribution in [0.5, 0.6) is 0 Å². The van der Waals surface area contributed by atoms with Crippen LogP contribution in [0.2, 0.25) is 0 Å². The third kappa shape index (κ3) is 3.80. The first-order chi connectivity index (χ1) is 8.40. The minimum atomic E-state index is 0.404. The van der Waals surface area contributed by atoms with E-state index in [1.54, 1.807) is 0 Å². The fourth-order valence-corrected chi connectivity index (χ4v) is 2.19. The molecule has 0 aromatic heterocycles. The second-order valence-electron chi connectivity index (χ2n) is 4.53. The summed E-state index contributed by atoms with van der Waals surface area (Å²) < 4.78 is 5.41. The summed E-state index contributed by atoms with van der Waals surface area (Å²) in [4.78, 5) is 5.58. The maximum Gasteiger partial charge on any atom is 0.0933 e. The first-order valence-corrected chi connectivity index (χ1v) is 6.39. The highest BCUT2D eigenvalue weighted by Crippen LogP contribution is 2.18. The van der Waals surface area contributed by atoms with Gasteiger partial charge in [-0.25, -0.2) is 0 Å². The molecule has 1 heterocycles. The van der Waals surface area contributed by atoms with E-state index in [-0.39, 0.29) is 0 Å². The van der Waals surface area contributed by atoms with Gasteiger partial charge in [0.15, 0.2) is 0 Å². The monoisotopic (exact) mass is 235 g/mol. The molecule has 3 nitrogen and oxygen atoms in total. The Morgan fingerprint density at radius 1 is 1.41 bits per heavy atom. The minimum Gasteiger partial charge on any atom is -0.381 e. The van der Waals surface area contributed by atoms with Crippen LogP contribution in [0.3, 0.4) is 0 Å². The highest BCUT2D eigenvalue weighted by molar-refractivity contribution is 5.13. The van der Waals surface area contributed by atoms with Gasteiger partial charge in [0.1, 0.15) is 0 Å².